The molecule has 0 aromatic carbocycles. The zero-order chi connectivity index (χ0) is 22.7. The van der Waals surface area contributed by atoms with Gasteiger partial charge in [-0.2, -0.15) is 0 Å². The molecule has 0 rings (SSSR count). The van der Waals surface area contributed by atoms with Crippen molar-refractivity contribution in [3.05, 3.63) is 12.8 Å². The number of unbranched alkanes of at least 4 members (excludes halogenated alkanes) is 22. The largest absolute Gasteiger partial charge is 0.378 e. The summed E-state index contributed by atoms with van der Waals surface area (Å²) in [5.41, 5.74) is 0. The van der Waals surface area contributed by atoms with Crippen LogP contribution in [0.5, 0.6) is 0 Å². The molecule has 0 fully saturated rings. The molecule has 0 amide bonds. The van der Waals surface area contributed by atoms with Crippen LogP contribution < -0.4 is 0 Å². The molecule has 1 nitrogen and oxygen atoms in total. The Labute approximate surface area is 198 Å². The van der Waals surface area contributed by atoms with E-state index < -0.39 is 0 Å². The Morgan fingerprint density at radius 3 is 0.839 bits per heavy atom. The van der Waals surface area contributed by atoms with Gasteiger partial charge in [-0.25, -0.2) is 0 Å². The van der Waals surface area contributed by atoms with Gasteiger partial charge in [0.2, 0.25) is 0 Å². The van der Waals surface area contributed by atoms with E-state index in [0.29, 0.717) is 0 Å². The lowest BCUT2D eigenvalue weighted by molar-refractivity contribution is 0.350. The fourth-order valence-corrected chi connectivity index (χ4v) is 4.61. The van der Waals surface area contributed by atoms with E-state index in [1.807, 2.05) is 0 Å². The lowest BCUT2D eigenvalue weighted by Gasteiger charge is -2.19. The predicted molar refractivity (Wildman–Crippen MR) is 144 cm³/mol. The number of hydrogen-bond donors (Lipinski definition) is 0. The van der Waals surface area contributed by atoms with Crippen molar-refractivity contribution in [3.8, 4) is 0 Å². The molecule has 0 aliphatic rings. The molecule has 1 heteroatoms. The second kappa shape index (κ2) is 27.6. The Morgan fingerprint density at radius 2 is 0.613 bits per heavy atom. The van der Waals surface area contributed by atoms with Crippen LogP contribution in [0.25, 0.3) is 0 Å². The van der Waals surface area contributed by atoms with E-state index in [1.165, 1.54) is 167 Å². The number of hydrogen-bond acceptors (Lipinski definition) is 1. The second-order valence-corrected chi connectivity index (χ2v) is 10.00. The highest BCUT2D eigenvalue weighted by atomic mass is 15.1. The molecule has 0 unspecified atom stereocenters. The summed E-state index contributed by atoms with van der Waals surface area (Å²) < 4.78 is 0. The maximum Gasteiger partial charge on any atom is 0.0172 e. The van der Waals surface area contributed by atoms with Crippen LogP contribution in [0.2, 0.25) is 0 Å². The van der Waals surface area contributed by atoms with E-state index in [-0.39, 0.29) is 0 Å². The Hall–Kier alpha value is -0.460. The summed E-state index contributed by atoms with van der Waals surface area (Å²) in [5, 5.41) is 0. The lowest BCUT2D eigenvalue weighted by Crippen LogP contribution is -2.19. The van der Waals surface area contributed by atoms with E-state index in [1.54, 1.807) is 0 Å². The number of nitrogens with zero attached hydrogens (tertiary/aromatic N) is 1. The minimum atomic E-state index is 1.22. The van der Waals surface area contributed by atoms with Crippen molar-refractivity contribution in [1.29, 1.82) is 0 Å². The minimum Gasteiger partial charge on any atom is -0.378 e. The quantitative estimate of drug-likeness (QED) is 0.116. The first-order valence-electron chi connectivity index (χ1n) is 14.7. The first kappa shape index (κ1) is 30.5. The smallest absolute Gasteiger partial charge is 0.0172 e. The maximum atomic E-state index is 4.04. The van der Waals surface area contributed by atoms with Crippen molar-refractivity contribution in [2.75, 3.05) is 13.1 Å². The molecule has 0 aromatic heterocycles. The van der Waals surface area contributed by atoms with Crippen LogP contribution in [-0.4, -0.2) is 18.0 Å². The highest BCUT2D eigenvalue weighted by Crippen LogP contribution is 2.14. The van der Waals surface area contributed by atoms with E-state index in [0.717, 1.165) is 0 Å². The average Bonchev–Trinajstić information content (AvgIpc) is 2.79. The van der Waals surface area contributed by atoms with Crippen LogP contribution >= 0.6 is 0 Å². The van der Waals surface area contributed by atoms with Crippen LogP contribution in [0.4, 0.5) is 0 Å². The molecule has 186 valence electrons. The van der Waals surface area contributed by atoms with Gasteiger partial charge in [0.1, 0.15) is 0 Å². The second-order valence-electron chi connectivity index (χ2n) is 10.00. The third-order valence-corrected chi connectivity index (χ3v) is 6.86. The lowest BCUT2D eigenvalue weighted by atomic mass is 10.0. The highest BCUT2D eigenvalue weighted by Gasteiger charge is 2.00. The van der Waals surface area contributed by atoms with Gasteiger partial charge in [0.15, 0.2) is 0 Å². The molecule has 0 saturated carbocycles. The molecular weight excluding hydrogens is 374 g/mol. The summed E-state index contributed by atoms with van der Waals surface area (Å²) in [6.45, 7) is 11.1. The van der Waals surface area contributed by atoms with Crippen LogP contribution in [-0.2, 0) is 0 Å². The third kappa shape index (κ3) is 25.7. The summed E-state index contributed by atoms with van der Waals surface area (Å²) in [5.74, 6) is 0. The van der Waals surface area contributed by atoms with Gasteiger partial charge in [0.05, 0.1) is 0 Å². The van der Waals surface area contributed by atoms with E-state index in [4.69, 9.17) is 0 Å². The fraction of sp³-hybridized carbons (Fsp3) is 0.933. The van der Waals surface area contributed by atoms with Crippen molar-refractivity contribution in [3.63, 3.8) is 0 Å². The molecule has 0 aliphatic heterocycles. The summed E-state index contributed by atoms with van der Waals surface area (Å²) in [6.07, 6.45) is 36.5. The first-order chi connectivity index (χ1) is 15.3. The SMILES string of the molecule is C=CN(CCCCCCCCCCCCCC)CCCCCCCCCCCCCC. The van der Waals surface area contributed by atoms with E-state index in [2.05, 4.69) is 31.5 Å². The minimum absolute atomic E-state index is 1.22. The molecule has 0 radical (unpaired) electrons. The average molecular weight is 436 g/mol. The normalized spacial score (nSPS) is 11.2. The van der Waals surface area contributed by atoms with E-state index in [9.17, 15) is 0 Å². The van der Waals surface area contributed by atoms with Gasteiger partial charge in [-0.1, -0.05) is 162 Å². The Balaban J connectivity index is 3.27. The monoisotopic (exact) mass is 435 g/mol. The van der Waals surface area contributed by atoms with Gasteiger partial charge < -0.3 is 4.90 Å². The van der Waals surface area contributed by atoms with Gasteiger partial charge in [-0.15, -0.1) is 0 Å². The summed E-state index contributed by atoms with van der Waals surface area (Å²) in [6, 6.07) is 0. The summed E-state index contributed by atoms with van der Waals surface area (Å²) in [7, 11) is 0. The Kier molecular flexibility index (Phi) is 27.2. The molecule has 31 heavy (non-hydrogen) atoms. The van der Waals surface area contributed by atoms with Crippen molar-refractivity contribution in [2.45, 2.75) is 168 Å². The van der Waals surface area contributed by atoms with Crippen LogP contribution in [0.3, 0.4) is 0 Å². The highest BCUT2D eigenvalue weighted by molar-refractivity contribution is 4.70. The standard InChI is InChI=1S/C30H61N/c1-4-7-9-11-13-15-17-19-21-23-25-27-29-31(6-3)30-28-26-24-22-20-18-16-14-12-10-8-5-2/h6H,3-5,7-30H2,1-2H3. The molecule has 0 atom stereocenters. The zero-order valence-corrected chi connectivity index (χ0v) is 22.1. The van der Waals surface area contributed by atoms with Gasteiger partial charge in [0.25, 0.3) is 0 Å². The van der Waals surface area contributed by atoms with Crippen molar-refractivity contribution in [2.24, 2.45) is 0 Å². The molecule has 0 aliphatic carbocycles. The third-order valence-electron chi connectivity index (χ3n) is 6.86. The molecule has 0 heterocycles. The predicted octanol–water partition coefficient (Wildman–Crippen LogP) is 10.8. The van der Waals surface area contributed by atoms with Crippen LogP contribution in [0, 0.1) is 0 Å². The fourth-order valence-electron chi connectivity index (χ4n) is 4.61. The van der Waals surface area contributed by atoms with E-state index >= 15 is 0 Å². The molecule has 0 aromatic rings. The molecule has 0 bridgehead atoms. The molecule has 0 N–H and O–H groups in total. The Bertz CT molecular complexity index is 296. The van der Waals surface area contributed by atoms with Gasteiger partial charge >= 0.3 is 0 Å². The Morgan fingerprint density at radius 1 is 0.387 bits per heavy atom. The first-order valence-corrected chi connectivity index (χ1v) is 14.7. The van der Waals surface area contributed by atoms with Crippen molar-refractivity contribution < 1.29 is 0 Å². The number of rotatable bonds is 27. The van der Waals surface area contributed by atoms with Crippen molar-refractivity contribution >= 4 is 0 Å². The molecule has 0 saturated heterocycles. The topological polar surface area (TPSA) is 3.24 Å². The zero-order valence-electron chi connectivity index (χ0n) is 22.1. The van der Waals surface area contributed by atoms with Crippen molar-refractivity contribution in [1.82, 2.24) is 4.90 Å². The van der Waals surface area contributed by atoms with Crippen LogP contribution in [0.15, 0.2) is 12.8 Å². The van der Waals surface area contributed by atoms with Gasteiger partial charge in [0, 0.05) is 13.1 Å². The molecular formula is C30H61N. The maximum absolute atomic E-state index is 4.04. The van der Waals surface area contributed by atoms with Gasteiger partial charge in [-0.3, -0.25) is 0 Å². The summed E-state index contributed by atoms with van der Waals surface area (Å²) in [4.78, 5) is 2.46. The summed E-state index contributed by atoms with van der Waals surface area (Å²) >= 11 is 0. The molecule has 0 spiro atoms. The van der Waals surface area contributed by atoms with Gasteiger partial charge in [-0.05, 0) is 19.0 Å². The van der Waals surface area contributed by atoms with Crippen LogP contribution in [0.1, 0.15) is 168 Å².